The van der Waals surface area contributed by atoms with Crippen molar-refractivity contribution in [2.45, 2.75) is 39.7 Å². The predicted molar refractivity (Wildman–Crippen MR) is 55.0 cm³/mol. The second-order valence-electron chi connectivity index (χ2n) is 3.03. The molecule has 0 amide bonds. The molecule has 68 valence electrons. The van der Waals surface area contributed by atoms with Gasteiger partial charge in [0, 0.05) is 6.04 Å². The van der Waals surface area contributed by atoms with Crippen LogP contribution in [0.4, 0.5) is 0 Å². The fourth-order valence-corrected chi connectivity index (χ4v) is 1.86. The van der Waals surface area contributed by atoms with E-state index in [0.717, 1.165) is 6.42 Å². The molecular formula is C9H21NS. The molecule has 0 aromatic rings. The van der Waals surface area contributed by atoms with Crippen molar-refractivity contribution in [2.75, 3.05) is 11.5 Å². The minimum Gasteiger partial charge on any atom is -0.327 e. The predicted octanol–water partition coefficient (Wildman–Crippen LogP) is 2.50. The van der Waals surface area contributed by atoms with Crippen LogP contribution in [0.25, 0.3) is 0 Å². The molecule has 0 spiro atoms. The standard InChI is InChI=1S/C9H21NS/c1-4-9(10)8(3)6-7-11-5-2/h8-9H,4-7,10H2,1-3H3. The van der Waals surface area contributed by atoms with Crippen molar-refractivity contribution in [3.05, 3.63) is 0 Å². The number of thioether (sulfide) groups is 1. The van der Waals surface area contributed by atoms with Gasteiger partial charge in [-0.05, 0) is 30.3 Å². The van der Waals surface area contributed by atoms with E-state index in [1.165, 1.54) is 17.9 Å². The Morgan fingerprint density at radius 2 is 2.00 bits per heavy atom. The summed E-state index contributed by atoms with van der Waals surface area (Å²) in [6.45, 7) is 6.62. The van der Waals surface area contributed by atoms with Crippen molar-refractivity contribution in [1.29, 1.82) is 0 Å². The molecule has 0 rings (SSSR count). The largest absolute Gasteiger partial charge is 0.327 e. The maximum atomic E-state index is 5.89. The van der Waals surface area contributed by atoms with E-state index in [1.807, 2.05) is 11.8 Å². The zero-order valence-electron chi connectivity index (χ0n) is 7.97. The molecular weight excluding hydrogens is 154 g/mol. The summed E-state index contributed by atoms with van der Waals surface area (Å²) >= 11 is 2.01. The lowest BCUT2D eigenvalue weighted by Crippen LogP contribution is -2.27. The molecule has 2 N–H and O–H groups in total. The first-order valence-electron chi connectivity index (χ1n) is 4.55. The lowest BCUT2D eigenvalue weighted by atomic mass is 9.98. The van der Waals surface area contributed by atoms with Crippen molar-refractivity contribution in [3.63, 3.8) is 0 Å². The van der Waals surface area contributed by atoms with Gasteiger partial charge in [-0.25, -0.2) is 0 Å². The van der Waals surface area contributed by atoms with Gasteiger partial charge in [-0.2, -0.15) is 11.8 Å². The number of nitrogens with two attached hydrogens (primary N) is 1. The van der Waals surface area contributed by atoms with E-state index in [0.29, 0.717) is 12.0 Å². The van der Waals surface area contributed by atoms with Crippen LogP contribution in [0.15, 0.2) is 0 Å². The number of hydrogen-bond acceptors (Lipinski definition) is 2. The Morgan fingerprint density at radius 1 is 1.36 bits per heavy atom. The van der Waals surface area contributed by atoms with Crippen LogP contribution in [0.3, 0.4) is 0 Å². The van der Waals surface area contributed by atoms with Crippen LogP contribution in [0.1, 0.15) is 33.6 Å². The van der Waals surface area contributed by atoms with Gasteiger partial charge in [0.25, 0.3) is 0 Å². The van der Waals surface area contributed by atoms with Crippen LogP contribution in [0.2, 0.25) is 0 Å². The molecule has 0 aliphatic rings. The molecule has 0 aliphatic heterocycles. The Kier molecular flexibility index (Phi) is 7.18. The molecule has 0 saturated carbocycles. The fraction of sp³-hybridized carbons (Fsp3) is 1.00. The smallest absolute Gasteiger partial charge is 0.00621 e. The molecule has 0 aromatic heterocycles. The first kappa shape index (κ1) is 11.3. The van der Waals surface area contributed by atoms with E-state index in [-0.39, 0.29) is 0 Å². The van der Waals surface area contributed by atoms with Crippen LogP contribution in [0.5, 0.6) is 0 Å². The molecule has 2 unspecified atom stereocenters. The first-order valence-corrected chi connectivity index (χ1v) is 5.71. The van der Waals surface area contributed by atoms with Gasteiger partial charge in [-0.1, -0.05) is 20.8 Å². The lowest BCUT2D eigenvalue weighted by Gasteiger charge is -2.17. The van der Waals surface area contributed by atoms with Gasteiger partial charge in [0.05, 0.1) is 0 Å². The van der Waals surface area contributed by atoms with Gasteiger partial charge in [0.1, 0.15) is 0 Å². The Bertz CT molecular complexity index is 85.6. The van der Waals surface area contributed by atoms with Crippen molar-refractivity contribution in [2.24, 2.45) is 11.7 Å². The second kappa shape index (κ2) is 6.99. The van der Waals surface area contributed by atoms with Gasteiger partial charge in [-0.15, -0.1) is 0 Å². The lowest BCUT2D eigenvalue weighted by molar-refractivity contribution is 0.435. The van der Waals surface area contributed by atoms with Gasteiger partial charge in [-0.3, -0.25) is 0 Å². The van der Waals surface area contributed by atoms with Gasteiger partial charge >= 0.3 is 0 Å². The molecule has 0 aromatic carbocycles. The van der Waals surface area contributed by atoms with E-state index < -0.39 is 0 Å². The zero-order chi connectivity index (χ0) is 8.69. The fourth-order valence-electron chi connectivity index (χ4n) is 1.03. The van der Waals surface area contributed by atoms with Crippen LogP contribution >= 0.6 is 11.8 Å². The topological polar surface area (TPSA) is 26.0 Å². The maximum Gasteiger partial charge on any atom is 0.00621 e. The third-order valence-corrected chi connectivity index (χ3v) is 3.06. The summed E-state index contributed by atoms with van der Waals surface area (Å²) < 4.78 is 0. The Hall–Kier alpha value is 0.310. The third kappa shape index (κ3) is 5.57. The summed E-state index contributed by atoms with van der Waals surface area (Å²) in [6, 6.07) is 0.410. The molecule has 11 heavy (non-hydrogen) atoms. The van der Waals surface area contributed by atoms with E-state index in [9.17, 15) is 0 Å². The Morgan fingerprint density at radius 3 is 2.45 bits per heavy atom. The summed E-state index contributed by atoms with van der Waals surface area (Å²) in [6.07, 6.45) is 2.38. The SMILES string of the molecule is CCSCCC(C)C(N)CC. The van der Waals surface area contributed by atoms with E-state index in [4.69, 9.17) is 5.73 Å². The minimum atomic E-state index is 0.410. The summed E-state index contributed by atoms with van der Waals surface area (Å²) in [5, 5.41) is 0. The monoisotopic (exact) mass is 175 g/mol. The molecule has 0 heterocycles. The summed E-state index contributed by atoms with van der Waals surface area (Å²) in [5.74, 6) is 3.19. The van der Waals surface area contributed by atoms with Gasteiger partial charge < -0.3 is 5.73 Å². The summed E-state index contributed by atoms with van der Waals surface area (Å²) in [5.41, 5.74) is 5.89. The summed E-state index contributed by atoms with van der Waals surface area (Å²) in [7, 11) is 0. The van der Waals surface area contributed by atoms with Crippen LogP contribution < -0.4 is 5.73 Å². The van der Waals surface area contributed by atoms with E-state index in [1.54, 1.807) is 0 Å². The minimum absolute atomic E-state index is 0.410. The molecule has 0 aliphatic carbocycles. The third-order valence-electron chi connectivity index (χ3n) is 2.12. The highest BCUT2D eigenvalue weighted by Crippen LogP contribution is 2.13. The number of hydrogen-bond donors (Lipinski definition) is 1. The van der Waals surface area contributed by atoms with Crippen LogP contribution in [0, 0.1) is 5.92 Å². The van der Waals surface area contributed by atoms with Crippen molar-refractivity contribution < 1.29 is 0 Å². The van der Waals surface area contributed by atoms with Crippen LogP contribution in [-0.4, -0.2) is 17.5 Å². The normalized spacial score (nSPS) is 16.4. The van der Waals surface area contributed by atoms with Crippen molar-refractivity contribution in [3.8, 4) is 0 Å². The molecule has 0 fully saturated rings. The average molecular weight is 175 g/mol. The highest BCUT2D eigenvalue weighted by Gasteiger charge is 2.09. The number of rotatable bonds is 6. The highest BCUT2D eigenvalue weighted by molar-refractivity contribution is 7.99. The van der Waals surface area contributed by atoms with Gasteiger partial charge in [0.2, 0.25) is 0 Å². The molecule has 2 atom stereocenters. The zero-order valence-corrected chi connectivity index (χ0v) is 8.79. The Balaban J connectivity index is 3.28. The molecule has 0 bridgehead atoms. The quantitative estimate of drug-likeness (QED) is 0.628. The molecule has 1 nitrogen and oxygen atoms in total. The van der Waals surface area contributed by atoms with Crippen molar-refractivity contribution in [1.82, 2.24) is 0 Å². The maximum absolute atomic E-state index is 5.89. The van der Waals surface area contributed by atoms with Crippen molar-refractivity contribution >= 4 is 11.8 Å². The molecule has 0 saturated heterocycles. The van der Waals surface area contributed by atoms with E-state index in [2.05, 4.69) is 20.8 Å². The average Bonchev–Trinajstić information content (AvgIpc) is 2.03. The highest BCUT2D eigenvalue weighted by atomic mass is 32.2. The first-order chi connectivity index (χ1) is 5.22. The van der Waals surface area contributed by atoms with E-state index >= 15 is 0 Å². The molecule has 2 heteroatoms. The second-order valence-corrected chi connectivity index (χ2v) is 4.43. The summed E-state index contributed by atoms with van der Waals surface area (Å²) in [4.78, 5) is 0. The Labute approximate surface area is 75.1 Å². The molecule has 0 radical (unpaired) electrons. The van der Waals surface area contributed by atoms with Crippen LogP contribution in [-0.2, 0) is 0 Å². The van der Waals surface area contributed by atoms with Gasteiger partial charge in [0.15, 0.2) is 0 Å².